The van der Waals surface area contributed by atoms with E-state index in [1.165, 1.54) is 0 Å². The van der Waals surface area contributed by atoms with Gasteiger partial charge < -0.3 is 10.6 Å². The second kappa shape index (κ2) is 7.84. The molecule has 1 aliphatic rings. The maximum absolute atomic E-state index is 12.2. The standard InChI is InChI=1S/C18H18N2O2/c1-2-12-19-18(22)16(13-14-8-4-3-5-9-14)20-17(21)15-10-6-7-11-15/h1,3-10,16H,11-13H2,(H,19,22)(H,20,21)/t16-/m0/s1. The van der Waals surface area contributed by atoms with Crippen molar-refractivity contribution >= 4 is 11.8 Å². The lowest BCUT2D eigenvalue weighted by atomic mass is 10.0. The van der Waals surface area contributed by atoms with Crippen LogP contribution in [0.15, 0.2) is 54.1 Å². The lowest BCUT2D eigenvalue weighted by molar-refractivity contribution is -0.127. The SMILES string of the molecule is C#CCNC(=O)[C@H](Cc1ccccc1)NC(=O)C1=CC=CC1. The molecule has 2 amide bonds. The molecule has 0 aromatic heterocycles. The van der Waals surface area contributed by atoms with Crippen LogP contribution in [-0.2, 0) is 16.0 Å². The fourth-order valence-electron chi connectivity index (χ4n) is 2.19. The van der Waals surface area contributed by atoms with Gasteiger partial charge in [0.2, 0.25) is 11.8 Å². The van der Waals surface area contributed by atoms with Gasteiger partial charge in [-0.05, 0) is 12.0 Å². The van der Waals surface area contributed by atoms with E-state index in [1.807, 2.05) is 42.5 Å². The quantitative estimate of drug-likeness (QED) is 0.778. The van der Waals surface area contributed by atoms with E-state index in [4.69, 9.17) is 6.42 Å². The van der Waals surface area contributed by atoms with Crippen molar-refractivity contribution in [1.29, 1.82) is 0 Å². The number of benzene rings is 1. The fourth-order valence-corrected chi connectivity index (χ4v) is 2.19. The lowest BCUT2D eigenvalue weighted by Crippen LogP contribution is -2.48. The molecular weight excluding hydrogens is 276 g/mol. The molecule has 0 bridgehead atoms. The zero-order valence-corrected chi connectivity index (χ0v) is 12.2. The summed E-state index contributed by atoms with van der Waals surface area (Å²) in [5.74, 6) is 1.86. The molecule has 0 saturated heterocycles. The van der Waals surface area contributed by atoms with E-state index < -0.39 is 6.04 Å². The number of nitrogens with one attached hydrogen (secondary N) is 2. The van der Waals surface area contributed by atoms with Crippen molar-refractivity contribution in [3.63, 3.8) is 0 Å². The van der Waals surface area contributed by atoms with Gasteiger partial charge in [-0.15, -0.1) is 6.42 Å². The third-order valence-electron chi connectivity index (χ3n) is 3.33. The summed E-state index contributed by atoms with van der Waals surface area (Å²) in [6.45, 7) is 0.143. The number of amides is 2. The molecule has 1 atom stereocenters. The van der Waals surface area contributed by atoms with Gasteiger partial charge >= 0.3 is 0 Å². The lowest BCUT2D eigenvalue weighted by Gasteiger charge is -2.18. The minimum Gasteiger partial charge on any atom is -0.343 e. The van der Waals surface area contributed by atoms with Crippen molar-refractivity contribution < 1.29 is 9.59 Å². The van der Waals surface area contributed by atoms with Gasteiger partial charge in [0.15, 0.2) is 0 Å². The summed E-state index contributed by atoms with van der Waals surface area (Å²) in [4.78, 5) is 24.4. The Bertz CT molecular complexity index is 639. The molecular formula is C18H18N2O2. The first-order valence-corrected chi connectivity index (χ1v) is 7.12. The zero-order valence-electron chi connectivity index (χ0n) is 12.2. The third-order valence-corrected chi connectivity index (χ3v) is 3.33. The Kier molecular flexibility index (Phi) is 5.56. The van der Waals surface area contributed by atoms with Gasteiger partial charge in [0.1, 0.15) is 6.04 Å². The molecule has 0 unspecified atom stereocenters. The molecule has 0 fully saturated rings. The van der Waals surface area contributed by atoms with Gasteiger partial charge in [-0.3, -0.25) is 9.59 Å². The van der Waals surface area contributed by atoms with Crippen molar-refractivity contribution in [3.8, 4) is 12.3 Å². The van der Waals surface area contributed by atoms with Crippen molar-refractivity contribution in [2.45, 2.75) is 18.9 Å². The Labute approximate surface area is 130 Å². The summed E-state index contributed by atoms with van der Waals surface area (Å²) in [6.07, 6.45) is 11.7. The van der Waals surface area contributed by atoms with Crippen LogP contribution in [0, 0.1) is 12.3 Å². The molecule has 0 saturated carbocycles. The Morgan fingerprint density at radius 2 is 2.05 bits per heavy atom. The van der Waals surface area contributed by atoms with E-state index in [-0.39, 0.29) is 18.4 Å². The summed E-state index contributed by atoms with van der Waals surface area (Å²) in [7, 11) is 0. The van der Waals surface area contributed by atoms with E-state index in [0.717, 1.165) is 5.56 Å². The van der Waals surface area contributed by atoms with Gasteiger partial charge in [-0.2, -0.15) is 0 Å². The van der Waals surface area contributed by atoms with Crippen LogP contribution in [0.4, 0.5) is 0 Å². The highest BCUT2D eigenvalue weighted by Crippen LogP contribution is 2.11. The Hall–Kier alpha value is -2.80. The number of carbonyl (C=O) groups excluding carboxylic acids is 2. The molecule has 2 N–H and O–H groups in total. The van der Waals surface area contributed by atoms with Crippen LogP contribution in [0.2, 0.25) is 0 Å². The highest BCUT2D eigenvalue weighted by Gasteiger charge is 2.22. The van der Waals surface area contributed by atoms with Crippen LogP contribution in [0.5, 0.6) is 0 Å². The number of allylic oxidation sites excluding steroid dienone is 3. The summed E-state index contributed by atoms with van der Waals surface area (Å²) < 4.78 is 0. The number of hydrogen-bond donors (Lipinski definition) is 2. The van der Waals surface area contributed by atoms with Crippen LogP contribution in [0.3, 0.4) is 0 Å². The summed E-state index contributed by atoms with van der Waals surface area (Å²) in [5, 5.41) is 5.41. The average molecular weight is 294 g/mol. The molecule has 1 aromatic rings. The first-order valence-electron chi connectivity index (χ1n) is 7.12. The molecule has 0 spiro atoms. The number of hydrogen-bond acceptors (Lipinski definition) is 2. The van der Waals surface area contributed by atoms with Crippen LogP contribution in [0.1, 0.15) is 12.0 Å². The van der Waals surface area contributed by atoms with E-state index >= 15 is 0 Å². The van der Waals surface area contributed by atoms with E-state index in [9.17, 15) is 9.59 Å². The molecule has 1 aliphatic carbocycles. The maximum atomic E-state index is 12.2. The monoisotopic (exact) mass is 294 g/mol. The molecule has 0 heterocycles. The number of terminal acetylenes is 1. The van der Waals surface area contributed by atoms with E-state index in [2.05, 4.69) is 16.6 Å². The second-order valence-corrected chi connectivity index (χ2v) is 4.96. The second-order valence-electron chi connectivity index (χ2n) is 4.96. The highest BCUT2D eigenvalue weighted by atomic mass is 16.2. The minimum atomic E-state index is -0.648. The summed E-state index contributed by atoms with van der Waals surface area (Å²) in [6, 6.07) is 8.90. The Morgan fingerprint density at radius 3 is 2.68 bits per heavy atom. The molecule has 0 aliphatic heterocycles. The molecule has 22 heavy (non-hydrogen) atoms. The highest BCUT2D eigenvalue weighted by molar-refractivity contribution is 5.98. The van der Waals surface area contributed by atoms with Crippen LogP contribution in [0.25, 0.3) is 0 Å². The zero-order chi connectivity index (χ0) is 15.8. The van der Waals surface area contributed by atoms with Crippen LogP contribution >= 0.6 is 0 Å². The van der Waals surface area contributed by atoms with Crippen molar-refractivity contribution in [3.05, 3.63) is 59.7 Å². The molecule has 112 valence electrons. The predicted molar refractivity (Wildman–Crippen MR) is 85.8 cm³/mol. The molecule has 1 aromatic carbocycles. The summed E-state index contributed by atoms with van der Waals surface area (Å²) >= 11 is 0. The Morgan fingerprint density at radius 1 is 1.27 bits per heavy atom. The van der Waals surface area contributed by atoms with Gasteiger partial charge in [-0.1, -0.05) is 54.5 Å². The van der Waals surface area contributed by atoms with E-state index in [1.54, 1.807) is 6.08 Å². The van der Waals surface area contributed by atoms with Crippen LogP contribution < -0.4 is 10.6 Å². The largest absolute Gasteiger partial charge is 0.343 e. The molecule has 4 nitrogen and oxygen atoms in total. The predicted octanol–water partition coefficient (Wildman–Crippen LogP) is 1.35. The smallest absolute Gasteiger partial charge is 0.248 e. The van der Waals surface area contributed by atoms with Crippen molar-refractivity contribution in [2.24, 2.45) is 0 Å². The van der Waals surface area contributed by atoms with Crippen molar-refractivity contribution in [1.82, 2.24) is 10.6 Å². The first-order chi connectivity index (χ1) is 10.7. The fraction of sp³-hybridized carbons (Fsp3) is 0.222. The normalized spacial score (nSPS) is 13.9. The van der Waals surface area contributed by atoms with Crippen molar-refractivity contribution in [2.75, 3.05) is 6.54 Å². The van der Waals surface area contributed by atoms with Gasteiger partial charge in [0.25, 0.3) is 0 Å². The van der Waals surface area contributed by atoms with Gasteiger partial charge in [0.05, 0.1) is 6.54 Å². The third kappa shape index (κ3) is 4.35. The molecule has 2 rings (SSSR count). The maximum Gasteiger partial charge on any atom is 0.248 e. The van der Waals surface area contributed by atoms with Crippen LogP contribution in [-0.4, -0.2) is 24.4 Å². The van der Waals surface area contributed by atoms with E-state index in [0.29, 0.717) is 18.4 Å². The number of rotatable bonds is 6. The molecule has 0 radical (unpaired) electrons. The van der Waals surface area contributed by atoms with Gasteiger partial charge in [0, 0.05) is 12.0 Å². The van der Waals surface area contributed by atoms with Gasteiger partial charge in [-0.25, -0.2) is 0 Å². The summed E-state index contributed by atoms with van der Waals surface area (Å²) in [5.41, 5.74) is 1.63. The topological polar surface area (TPSA) is 58.2 Å². The first kappa shape index (κ1) is 15.6. The number of carbonyl (C=O) groups is 2. The Balaban J connectivity index is 2.05. The average Bonchev–Trinajstić information content (AvgIpc) is 3.07. The minimum absolute atomic E-state index is 0.143. The molecule has 4 heteroatoms.